The number of aryl methyl sites for hydroxylation is 1. The fourth-order valence-electron chi connectivity index (χ4n) is 4.15. The fraction of sp³-hybridized carbons (Fsp3) is 0.682. The second-order valence-corrected chi connectivity index (χ2v) is 7.93. The molecule has 0 saturated carbocycles. The first-order valence-electron chi connectivity index (χ1n) is 10.6. The highest BCUT2D eigenvalue weighted by Gasteiger charge is 2.26. The van der Waals surface area contributed by atoms with Gasteiger partial charge in [-0.15, -0.1) is 0 Å². The largest absolute Gasteiger partial charge is 0.357 e. The van der Waals surface area contributed by atoms with Crippen molar-refractivity contribution in [3.8, 4) is 0 Å². The highest BCUT2D eigenvalue weighted by Crippen LogP contribution is 2.20. The average Bonchev–Trinajstić information content (AvgIpc) is 3.12. The zero-order valence-electron chi connectivity index (χ0n) is 16.7. The lowest BCUT2D eigenvalue weighted by molar-refractivity contribution is 0.198. The number of guanidine groups is 1. The normalized spacial score (nSPS) is 22.0. The molecule has 0 amide bonds. The van der Waals surface area contributed by atoms with Gasteiger partial charge in [-0.2, -0.15) is 0 Å². The number of nitrogens with one attached hydrogen (secondary N) is 1. The Morgan fingerprint density at radius 1 is 1.12 bits per heavy atom. The van der Waals surface area contributed by atoms with Crippen molar-refractivity contribution in [3.05, 3.63) is 35.4 Å². The zero-order chi connectivity index (χ0) is 18.2. The molecular weight excluding hydrogens is 320 g/mol. The number of likely N-dealkylation sites (tertiary alicyclic amines) is 2. The number of nitrogens with zero attached hydrogens (tertiary/aromatic N) is 3. The molecule has 0 spiro atoms. The predicted molar refractivity (Wildman–Crippen MR) is 111 cm³/mol. The van der Waals surface area contributed by atoms with Crippen LogP contribution in [0.1, 0.15) is 43.7 Å². The van der Waals surface area contributed by atoms with Crippen molar-refractivity contribution >= 4 is 5.96 Å². The quantitative estimate of drug-likeness (QED) is 0.627. The molecule has 4 heteroatoms. The highest BCUT2D eigenvalue weighted by atomic mass is 15.3. The summed E-state index contributed by atoms with van der Waals surface area (Å²) < 4.78 is 0. The minimum Gasteiger partial charge on any atom is -0.357 e. The number of benzene rings is 1. The molecule has 2 aliphatic rings. The number of hydrogen-bond acceptors (Lipinski definition) is 2. The predicted octanol–water partition coefficient (Wildman–Crippen LogP) is 3.31. The Morgan fingerprint density at radius 2 is 1.88 bits per heavy atom. The fourth-order valence-corrected chi connectivity index (χ4v) is 4.15. The molecule has 4 nitrogen and oxygen atoms in total. The molecule has 0 aromatic heterocycles. The van der Waals surface area contributed by atoms with E-state index in [9.17, 15) is 0 Å². The number of hydrogen-bond donors (Lipinski definition) is 1. The summed E-state index contributed by atoms with van der Waals surface area (Å²) in [6.45, 7) is 12.3. The van der Waals surface area contributed by atoms with E-state index in [1.54, 1.807) is 0 Å². The average molecular weight is 357 g/mol. The number of piperidine rings is 1. The van der Waals surface area contributed by atoms with Crippen molar-refractivity contribution in [2.45, 2.75) is 46.0 Å². The maximum Gasteiger partial charge on any atom is 0.193 e. The van der Waals surface area contributed by atoms with Gasteiger partial charge in [0.15, 0.2) is 5.96 Å². The van der Waals surface area contributed by atoms with Gasteiger partial charge in [-0.3, -0.25) is 4.99 Å². The van der Waals surface area contributed by atoms with E-state index in [1.165, 1.54) is 56.4 Å². The monoisotopic (exact) mass is 356 g/mol. The molecular formula is C22H36N4. The summed E-state index contributed by atoms with van der Waals surface area (Å²) in [6.07, 6.45) is 6.52. The van der Waals surface area contributed by atoms with Gasteiger partial charge in [0.1, 0.15) is 0 Å². The van der Waals surface area contributed by atoms with Crippen LogP contribution in [0.4, 0.5) is 0 Å². The summed E-state index contributed by atoms with van der Waals surface area (Å²) in [5.74, 6) is 1.91. The standard InChI is InChI=1S/C22H36N4/c1-3-23-22(24-13-11-20-9-7-19(2)8-10-20)26-16-12-21(18-26)17-25-14-5-4-6-15-25/h7-10,21H,3-6,11-18H2,1-2H3,(H,23,24). The molecule has 2 aliphatic heterocycles. The van der Waals surface area contributed by atoms with Crippen LogP contribution in [0.2, 0.25) is 0 Å². The van der Waals surface area contributed by atoms with Gasteiger partial charge in [-0.25, -0.2) is 0 Å². The Hall–Kier alpha value is -1.55. The third-order valence-electron chi connectivity index (χ3n) is 5.67. The molecule has 1 aromatic rings. The van der Waals surface area contributed by atoms with Gasteiger partial charge in [-0.1, -0.05) is 36.2 Å². The van der Waals surface area contributed by atoms with Crippen LogP contribution in [-0.4, -0.2) is 61.6 Å². The molecule has 2 fully saturated rings. The van der Waals surface area contributed by atoms with Crippen molar-refractivity contribution in [3.63, 3.8) is 0 Å². The zero-order valence-corrected chi connectivity index (χ0v) is 16.7. The Bertz CT molecular complexity index is 560. The lowest BCUT2D eigenvalue weighted by Crippen LogP contribution is -2.41. The maximum atomic E-state index is 4.91. The lowest BCUT2D eigenvalue weighted by atomic mass is 10.1. The van der Waals surface area contributed by atoms with E-state index in [-0.39, 0.29) is 0 Å². The Morgan fingerprint density at radius 3 is 2.62 bits per heavy atom. The van der Waals surface area contributed by atoms with Crippen molar-refractivity contribution < 1.29 is 0 Å². The summed E-state index contributed by atoms with van der Waals surface area (Å²) in [5.41, 5.74) is 2.70. The van der Waals surface area contributed by atoms with E-state index >= 15 is 0 Å². The van der Waals surface area contributed by atoms with Gasteiger partial charge in [0, 0.05) is 32.7 Å². The van der Waals surface area contributed by atoms with Crippen LogP contribution in [0.25, 0.3) is 0 Å². The van der Waals surface area contributed by atoms with E-state index in [0.29, 0.717) is 0 Å². The van der Waals surface area contributed by atoms with E-state index in [0.717, 1.165) is 44.5 Å². The van der Waals surface area contributed by atoms with E-state index in [1.807, 2.05) is 0 Å². The van der Waals surface area contributed by atoms with Crippen LogP contribution in [-0.2, 0) is 6.42 Å². The van der Waals surface area contributed by atoms with E-state index in [4.69, 9.17) is 4.99 Å². The van der Waals surface area contributed by atoms with Gasteiger partial charge >= 0.3 is 0 Å². The molecule has 144 valence electrons. The summed E-state index contributed by atoms with van der Waals surface area (Å²) in [6, 6.07) is 8.83. The van der Waals surface area contributed by atoms with Crippen LogP contribution in [0.3, 0.4) is 0 Å². The van der Waals surface area contributed by atoms with Crippen LogP contribution in [0, 0.1) is 12.8 Å². The summed E-state index contributed by atoms with van der Waals surface area (Å²) in [7, 11) is 0. The van der Waals surface area contributed by atoms with Gasteiger partial charge in [-0.05, 0) is 64.1 Å². The maximum absolute atomic E-state index is 4.91. The molecule has 0 aliphatic carbocycles. The summed E-state index contributed by atoms with van der Waals surface area (Å²) in [4.78, 5) is 10.1. The first-order valence-corrected chi connectivity index (χ1v) is 10.6. The molecule has 3 rings (SSSR count). The molecule has 2 heterocycles. The van der Waals surface area contributed by atoms with Crippen molar-refractivity contribution in [2.75, 3.05) is 45.8 Å². The topological polar surface area (TPSA) is 30.9 Å². The molecule has 1 N–H and O–H groups in total. The van der Waals surface area contributed by atoms with E-state index < -0.39 is 0 Å². The second kappa shape index (κ2) is 9.96. The van der Waals surface area contributed by atoms with Crippen LogP contribution >= 0.6 is 0 Å². The van der Waals surface area contributed by atoms with Gasteiger partial charge in [0.25, 0.3) is 0 Å². The van der Waals surface area contributed by atoms with Gasteiger partial charge < -0.3 is 15.1 Å². The summed E-state index contributed by atoms with van der Waals surface area (Å²) >= 11 is 0. The highest BCUT2D eigenvalue weighted by molar-refractivity contribution is 5.80. The Labute approximate surface area is 159 Å². The molecule has 1 aromatic carbocycles. The molecule has 1 unspecified atom stereocenters. The molecule has 2 saturated heterocycles. The van der Waals surface area contributed by atoms with Crippen molar-refractivity contribution in [1.29, 1.82) is 0 Å². The SMILES string of the molecule is CCNC(=NCCc1ccc(C)cc1)N1CCC(CN2CCCCC2)C1. The minimum atomic E-state index is 0.800. The smallest absolute Gasteiger partial charge is 0.193 e. The Balaban J connectivity index is 1.49. The van der Waals surface area contributed by atoms with E-state index in [2.05, 4.69) is 53.2 Å². The third-order valence-corrected chi connectivity index (χ3v) is 5.67. The molecule has 0 radical (unpaired) electrons. The second-order valence-electron chi connectivity index (χ2n) is 7.93. The van der Waals surface area contributed by atoms with Crippen LogP contribution in [0.15, 0.2) is 29.3 Å². The number of aliphatic imine (C=N–C) groups is 1. The first-order chi connectivity index (χ1) is 12.7. The minimum absolute atomic E-state index is 0.800. The van der Waals surface area contributed by atoms with Crippen molar-refractivity contribution in [2.24, 2.45) is 10.9 Å². The number of rotatable bonds is 6. The van der Waals surface area contributed by atoms with Gasteiger partial charge in [0.05, 0.1) is 0 Å². The molecule has 26 heavy (non-hydrogen) atoms. The lowest BCUT2D eigenvalue weighted by Gasteiger charge is -2.29. The molecule has 1 atom stereocenters. The van der Waals surface area contributed by atoms with Crippen LogP contribution < -0.4 is 5.32 Å². The Kier molecular flexibility index (Phi) is 7.36. The van der Waals surface area contributed by atoms with Crippen molar-refractivity contribution in [1.82, 2.24) is 15.1 Å². The third kappa shape index (κ3) is 5.73. The van der Waals surface area contributed by atoms with Crippen LogP contribution in [0.5, 0.6) is 0 Å². The van der Waals surface area contributed by atoms with Gasteiger partial charge in [0.2, 0.25) is 0 Å². The molecule has 0 bridgehead atoms. The summed E-state index contributed by atoms with van der Waals surface area (Å²) in [5, 5.41) is 3.51. The first kappa shape index (κ1) is 19.2.